The predicted octanol–water partition coefficient (Wildman–Crippen LogP) is 1.87. The molecule has 3 saturated carbocycles. The van der Waals surface area contributed by atoms with Gasteiger partial charge >= 0.3 is 0 Å². The predicted molar refractivity (Wildman–Crippen MR) is 60.2 cm³/mol. The lowest BCUT2D eigenvalue weighted by atomic mass is 9.29. The van der Waals surface area contributed by atoms with E-state index in [9.17, 15) is 5.11 Å². The summed E-state index contributed by atoms with van der Waals surface area (Å²) in [5, 5.41) is 10.4. The molecule has 5 rings (SSSR count). The molecule has 0 amide bonds. The number of aliphatic hydroxyl groups is 1. The van der Waals surface area contributed by atoms with E-state index >= 15 is 0 Å². The van der Waals surface area contributed by atoms with E-state index in [-0.39, 0.29) is 5.41 Å². The maximum absolute atomic E-state index is 10.4. The van der Waals surface area contributed by atoms with Crippen molar-refractivity contribution < 1.29 is 9.84 Å². The summed E-state index contributed by atoms with van der Waals surface area (Å²) < 4.78 is 5.17. The molecule has 1 aromatic rings. The summed E-state index contributed by atoms with van der Waals surface area (Å²) >= 11 is 0. The fourth-order valence-corrected chi connectivity index (χ4v) is 3.98. The number of rotatable bonds is 2. The fraction of sp³-hybridized carbons (Fsp3) is 0.571. The quantitative estimate of drug-likeness (QED) is 0.817. The number of benzene rings is 1. The highest BCUT2D eigenvalue weighted by Gasteiger charge is 2.76. The summed E-state index contributed by atoms with van der Waals surface area (Å²) in [6.07, 6.45) is 3.47. The van der Waals surface area contributed by atoms with Crippen LogP contribution in [0.3, 0.4) is 0 Å². The van der Waals surface area contributed by atoms with Crippen molar-refractivity contribution in [2.24, 2.45) is 5.41 Å². The van der Waals surface area contributed by atoms with Crippen molar-refractivity contribution >= 4 is 0 Å². The summed E-state index contributed by atoms with van der Waals surface area (Å²) in [6, 6.07) is 10.7. The van der Waals surface area contributed by atoms with Gasteiger partial charge in [0.2, 0.25) is 0 Å². The maximum Gasteiger partial charge on any atom is 0.117 e. The Bertz CT molecular complexity index is 414. The topological polar surface area (TPSA) is 29.5 Å². The van der Waals surface area contributed by atoms with Gasteiger partial charge in [0.25, 0.3) is 0 Å². The van der Waals surface area contributed by atoms with Gasteiger partial charge in [-0.25, -0.2) is 0 Å². The summed E-state index contributed by atoms with van der Waals surface area (Å²) in [5.41, 5.74) is 1.55. The van der Waals surface area contributed by atoms with Crippen LogP contribution in [0.25, 0.3) is 0 Å². The third kappa shape index (κ3) is 0.836. The molecule has 1 heterocycles. The Morgan fingerprint density at radius 2 is 1.62 bits per heavy atom. The molecular weight excluding hydrogens is 200 g/mol. The smallest absolute Gasteiger partial charge is 0.117 e. The highest BCUT2D eigenvalue weighted by Crippen LogP contribution is 2.77. The van der Waals surface area contributed by atoms with E-state index in [1.165, 1.54) is 5.56 Å². The Labute approximate surface area is 95.2 Å². The molecule has 2 heteroatoms. The van der Waals surface area contributed by atoms with Gasteiger partial charge in [-0.3, -0.25) is 0 Å². The lowest BCUT2D eigenvalue weighted by Crippen LogP contribution is -2.78. The minimum atomic E-state index is -0.496. The third-order valence-electron chi connectivity index (χ3n) is 5.09. The fourth-order valence-electron chi connectivity index (χ4n) is 3.98. The van der Waals surface area contributed by atoms with E-state index in [2.05, 4.69) is 30.3 Å². The van der Waals surface area contributed by atoms with Crippen molar-refractivity contribution in [1.82, 2.24) is 0 Å². The van der Waals surface area contributed by atoms with Gasteiger partial charge in [0.05, 0.1) is 13.2 Å². The minimum absolute atomic E-state index is 0.196. The van der Waals surface area contributed by atoms with E-state index in [1.54, 1.807) is 0 Å². The van der Waals surface area contributed by atoms with Crippen molar-refractivity contribution in [3.63, 3.8) is 0 Å². The van der Waals surface area contributed by atoms with Crippen LogP contribution in [-0.2, 0) is 10.2 Å². The summed E-state index contributed by atoms with van der Waals surface area (Å²) in [5.74, 6) is 0. The molecular formula is C14H16O2. The molecule has 2 bridgehead atoms. The van der Waals surface area contributed by atoms with Crippen LogP contribution in [0.15, 0.2) is 30.3 Å². The molecule has 4 fully saturated rings. The van der Waals surface area contributed by atoms with Crippen molar-refractivity contribution in [2.75, 3.05) is 13.2 Å². The second-order valence-electron chi connectivity index (χ2n) is 5.98. The molecule has 4 aliphatic rings. The highest BCUT2D eigenvalue weighted by atomic mass is 16.5. The number of hydrogen-bond acceptors (Lipinski definition) is 2. The van der Waals surface area contributed by atoms with E-state index in [1.807, 2.05) is 0 Å². The van der Waals surface area contributed by atoms with E-state index in [0.29, 0.717) is 18.6 Å². The first-order valence-corrected chi connectivity index (χ1v) is 6.04. The van der Waals surface area contributed by atoms with Crippen LogP contribution in [0.5, 0.6) is 0 Å². The van der Waals surface area contributed by atoms with Gasteiger partial charge in [-0.1, -0.05) is 30.3 Å². The van der Waals surface area contributed by atoms with Crippen LogP contribution < -0.4 is 0 Å². The standard InChI is InChI=1S/C14H16O2/c15-14(9-16-10-14)13-6-12(7-13,8-13)11-4-2-1-3-5-11/h1-5,15H,6-10H2. The van der Waals surface area contributed by atoms with E-state index < -0.39 is 5.60 Å². The molecule has 2 nitrogen and oxygen atoms in total. The summed E-state index contributed by atoms with van der Waals surface area (Å²) in [7, 11) is 0. The lowest BCUT2D eigenvalue weighted by molar-refractivity contribution is -0.332. The first-order valence-electron chi connectivity index (χ1n) is 6.04. The summed E-state index contributed by atoms with van der Waals surface area (Å²) in [6.45, 7) is 1.11. The van der Waals surface area contributed by atoms with Crippen molar-refractivity contribution in [2.45, 2.75) is 30.3 Å². The molecule has 0 aromatic heterocycles. The van der Waals surface area contributed by atoms with Crippen molar-refractivity contribution in [3.05, 3.63) is 35.9 Å². The lowest BCUT2D eigenvalue weighted by Gasteiger charge is -2.77. The first kappa shape index (κ1) is 9.20. The van der Waals surface area contributed by atoms with Crippen LogP contribution in [0.1, 0.15) is 24.8 Å². The maximum atomic E-state index is 10.4. The Morgan fingerprint density at radius 3 is 2.12 bits per heavy atom. The molecule has 1 saturated heterocycles. The number of hydrogen-bond donors (Lipinski definition) is 1. The Kier molecular flexibility index (Phi) is 1.45. The monoisotopic (exact) mass is 216 g/mol. The second kappa shape index (κ2) is 2.52. The van der Waals surface area contributed by atoms with Gasteiger partial charge in [-0.2, -0.15) is 0 Å². The van der Waals surface area contributed by atoms with Gasteiger partial charge < -0.3 is 9.84 Å². The molecule has 0 radical (unpaired) electrons. The molecule has 84 valence electrons. The van der Waals surface area contributed by atoms with Gasteiger partial charge in [-0.05, 0) is 30.2 Å². The largest absolute Gasteiger partial charge is 0.384 e. The van der Waals surface area contributed by atoms with Crippen LogP contribution in [-0.4, -0.2) is 23.9 Å². The van der Waals surface area contributed by atoms with Crippen LogP contribution in [0.4, 0.5) is 0 Å². The van der Waals surface area contributed by atoms with Gasteiger partial charge in [0.15, 0.2) is 0 Å². The molecule has 1 aromatic carbocycles. The van der Waals surface area contributed by atoms with E-state index in [0.717, 1.165) is 19.3 Å². The van der Waals surface area contributed by atoms with Gasteiger partial charge in [0.1, 0.15) is 5.60 Å². The molecule has 0 atom stereocenters. The average Bonchev–Trinajstić information content (AvgIpc) is 2.13. The van der Waals surface area contributed by atoms with Crippen LogP contribution in [0.2, 0.25) is 0 Å². The summed E-state index contributed by atoms with van der Waals surface area (Å²) in [4.78, 5) is 0. The normalized spacial score (nSPS) is 42.8. The molecule has 0 unspecified atom stereocenters. The Balaban J connectivity index is 1.58. The van der Waals surface area contributed by atoms with Gasteiger partial charge in [-0.15, -0.1) is 0 Å². The minimum Gasteiger partial charge on any atom is -0.384 e. The highest BCUT2D eigenvalue weighted by molar-refractivity contribution is 5.41. The number of ether oxygens (including phenoxy) is 1. The SMILES string of the molecule is OC1(C23CC(c4ccccc4)(C2)C3)COC1. The molecule has 1 N–H and O–H groups in total. The average molecular weight is 216 g/mol. The Hall–Kier alpha value is -0.860. The Morgan fingerprint density at radius 1 is 1.00 bits per heavy atom. The van der Waals surface area contributed by atoms with Crippen molar-refractivity contribution in [1.29, 1.82) is 0 Å². The van der Waals surface area contributed by atoms with Crippen molar-refractivity contribution in [3.8, 4) is 0 Å². The molecule has 3 aliphatic carbocycles. The molecule has 0 spiro atoms. The molecule has 1 aliphatic heterocycles. The third-order valence-corrected chi connectivity index (χ3v) is 5.09. The second-order valence-corrected chi connectivity index (χ2v) is 5.98. The first-order chi connectivity index (χ1) is 7.68. The zero-order valence-electron chi connectivity index (χ0n) is 9.28. The zero-order chi connectivity index (χ0) is 10.9. The van der Waals surface area contributed by atoms with Crippen LogP contribution in [0, 0.1) is 5.41 Å². The van der Waals surface area contributed by atoms with E-state index in [4.69, 9.17) is 4.74 Å². The van der Waals surface area contributed by atoms with Gasteiger partial charge in [0, 0.05) is 5.41 Å². The van der Waals surface area contributed by atoms with Crippen LogP contribution >= 0.6 is 0 Å². The zero-order valence-corrected chi connectivity index (χ0v) is 9.28. The molecule has 16 heavy (non-hydrogen) atoms.